The molecule has 0 unspecified atom stereocenters. The third-order valence-electron chi connectivity index (χ3n) is 2.89. The molecular formula is C11H11ClF3N. The second-order valence-electron chi connectivity index (χ2n) is 3.91. The molecule has 1 nitrogen and oxygen atoms in total. The number of piperidine rings is 1. The molecule has 0 atom stereocenters. The molecule has 0 radical (unpaired) electrons. The van der Waals surface area contributed by atoms with Crippen molar-refractivity contribution in [1.29, 1.82) is 0 Å². The molecule has 0 bridgehead atoms. The summed E-state index contributed by atoms with van der Waals surface area (Å²) < 4.78 is 40.3. The van der Waals surface area contributed by atoms with Crippen LogP contribution in [0.2, 0.25) is 5.02 Å². The Morgan fingerprint density at radius 1 is 1.12 bits per heavy atom. The number of halogens is 4. The van der Waals surface area contributed by atoms with Crippen LogP contribution in [0.15, 0.2) is 6.07 Å². The Morgan fingerprint density at radius 2 is 1.75 bits per heavy atom. The first kappa shape index (κ1) is 11.7. The summed E-state index contributed by atoms with van der Waals surface area (Å²) >= 11 is 5.51. The highest BCUT2D eigenvalue weighted by Gasteiger charge is 2.26. The van der Waals surface area contributed by atoms with Crippen molar-refractivity contribution in [2.45, 2.75) is 18.8 Å². The first-order valence-electron chi connectivity index (χ1n) is 5.15. The summed E-state index contributed by atoms with van der Waals surface area (Å²) in [5, 5.41) is 2.73. The number of benzene rings is 1. The Balaban J connectivity index is 2.45. The lowest BCUT2D eigenvalue weighted by Crippen LogP contribution is -2.27. The van der Waals surface area contributed by atoms with Gasteiger partial charge in [-0.2, -0.15) is 0 Å². The van der Waals surface area contributed by atoms with Gasteiger partial charge in [0.25, 0.3) is 0 Å². The quantitative estimate of drug-likeness (QED) is 0.754. The zero-order valence-corrected chi connectivity index (χ0v) is 9.25. The predicted octanol–water partition coefficient (Wildman–Crippen LogP) is 3.22. The third-order valence-corrected chi connectivity index (χ3v) is 3.17. The minimum absolute atomic E-state index is 0.202. The van der Waals surface area contributed by atoms with E-state index in [9.17, 15) is 13.2 Å². The van der Waals surface area contributed by atoms with Crippen LogP contribution in [-0.2, 0) is 0 Å². The summed E-state index contributed by atoms with van der Waals surface area (Å²) in [5.41, 5.74) is -0.202. The van der Waals surface area contributed by atoms with Crippen molar-refractivity contribution < 1.29 is 13.2 Å². The molecule has 0 amide bonds. The lowest BCUT2D eigenvalue weighted by Gasteiger charge is -2.24. The first-order chi connectivity index (χ1) is 7.61. The Morgan fingerprint density at radius 3 is 2.38 bits per heavy atom. The standard InChI is InChI=1S/C11H11ClF3N/c12-7-5-8(13)11(15)9(10(7)14)6-1-3-16-4-2-6/h5-6,16H,1-4H2. The van der Waals surface area contributed by atoms with Crippen LogP contribution in [0.5, 0.6) is 0 Å². The Kier molecular flexibility index (Phi) is 3.40. The SMILES string of the molecule is Fc1cc(Cl)c(F)c(C2CCNCC2)c1F. The van der Waals surface area contributed by atoms with E-state index in [-0.39, 0.29) is 16.5 Å². The van der Waals surface area contributed by atoms with Crippen molar-refractivity contribution in [2.24, 2.45) is 0 Å². The third kappa shape index (κ3) is 2.04. The molecule has 2 rings (SSSR count). The summed E-state index contributed by atoms with van der Waals surface area (Å²) in [6.07, 6.45) is 1.18. The van der Waals surface area contributed by atoms with Crippen LogP contribution >= 0.6 is 11.6 Å². The lowest BCUT2D eigenvalue weighted by atomic mass is 9.89. The van der Waals surface area contributed by atoms with Crippen molar-refractivity contribution in [3.05, 3.63) is 34.1 Å². The van der Waals surface area contributed by atoms with E-state index in [1.54, 1.807) is 0 Å². The minimum Gasteiger partial charge on any atom is -0.317 e. The largest absolute Gasteiger partial charge is 0.317 e. The van der Waals surface area contributed by atoms with E-state index in [0.29, 0.717) is 32.0 Å². The summed E-state index contributed by atoms with van der Waals surface area (Å²) in [7, 11) is 0. The maximum Gasteiger partial charge on any atom is 0.165 e. The van der Waals surface area contributed by atoms with Crippen LogP contribution in [0.25, 0.3) is 0 Å². The Hall–Kier alpha value is -0.740. The Labute approximate surface area is 96.6 Å². The zero-order valence-electron chi connectivity index (χ0n) is 8.49. The molecule has 0 aromatic heterocycles. The van der Waals surface area contributed by atoms with E-state index in [1.165, 1.54) is 0 Å². The van der Waals surface area contributed by atoms with Gasteiger partial charge >= 0.3 is 0 Å². The molecule has 16 heavy (non-hydrogen) atoms. The number of rotatable bonds is 1. The molecule has 1 heterocycles. The molecule has 1 aliphatic heterocycles. The van der Waals surface area contributed by atoms with E-state index in [4.69, 9.17) is 11.6 Å². The van der Waals surface area contributed by atoms with Crippen LogP contribution in [0.3, 0.4) is 0 Å². The molecule has 1 aliphatic rings. The van der Waals surface area contributed by atoms with Crippen molar-refractivity contribution in [2.75, 3.05) is 13.1 Å². The van der Waals surface area contributed by atoms with Gasteiger partial charge < -0.3 is 5.32 Å². The van der Waals surface area contributed by atoms with Gasteiger partial charge in [-0.3, -0.25) is 0 Å². The van der Waals surface area contributed by atoms with Gasteiger partial charge in [0.1, 0.15) is 5.82 Å². The van der Waals surface area contributed by atoms with Crippen LogP contribution in [0.4, 0.5) is 13.2 Å². The number of hydrogen-bond donors (Lipinski definition) is 1. The number of hydrogen-bond acceptors (Lipinski definition) is 1. The normalized spacial score (nSPS) is 17.8. The molecule has 1 fully saturated rings. The lowest BCUT2D eigenvalue weighted by molar-refractivity contribution is 0.410. The van der Waals surface area contributed by atoms with Gasteiger partial charge in [-0.1, -0.05) is 11.6 Å². The fourth-order valence-electron chi connectivity index (χ4n) is 2.06. The van der Waals surface area contributed by atoms with E-state index >= 15 is 0 Å². The van der Waals surface area contributed by atoms with Crippen molar-refractivity contribution >= 4 is 11.6 Å². The fourth-order valence-corrected chi connectivity index (χ4v) is 2.26. The maximum absolute atomic E-state index is 13.7. The van der Waals surface area contributed by atoms with Crippen LogP contribution in [0.1, 0.15) is 24.3 Å². The van der Waals surface area contributed by atoms with Gasteiger partial charge in [0.2, 0.25) is 0 Å². The van der Waals surface area contributed by atoms with Gasteiger partial charge in [0, 0.05) is 5.56 Å². The van der Waals surface area contributed by atoms with Crippen molar-refractivity contribution in [1.82, 2.24) is 5.32 Å². The second-order valence-corrected chi connectivity index (χ2v) is 4.31. The predicted molar refractivity (Wildman–Crippen MR) is 56.2 cm³/mol. The summed E-state index contributed by atoms with van der Waals surface area (Å²) in [6, 6.07) is 0.677. The van der Waals surface area contributed by atoms with Crippen LogP contribution < -0.4 is 5.32 Å². The second kappa shape index (κ2) is 4.63. The average Bonchev–Trinajstić information content (AvgIpc) is 2.28. The Bertz CT molecular complexity index is 376. The highest BCUT2D eigenvalue weighted by atomic mass is 35.5. The maximum atomic E-state index is 13.7. The molecule has 1 aromatic rings. The van der Waals surface area contributed by atoms with E-state index < -0.39 is 17.5 Å². The van der Waals surface area contributed by atoms with E-state index in [2.05, 4.69) is 5.32 Å². The molecule has 0 aliphatic carbocycles. The van der Waals surface area contributed by atoms with E-state index in [0.717, 1.165) is 0 Å². The van der Waals surface area contributed by atoms with Crippen molar-refractivity contribution in [3.8, 4) is 0 Å². The summed E-state index contributed by atoms with van der Waals surface area (Å²) in [4.78, 5) is 0. The summed E-state index contributed by atoms with van der Waals surface area (Å²) in [5.74, 6) is -3.31. The minimum atomic E-state index is -1.10. The van der Waals surface area contributed by atoms with Crippen molar-refractivity contribution in [3.63, 3.8) is 0 Å². The van der Waals surface area contributed by atoms with Gasteiger partial charge in [-0.25, -0.2) is 13.2 Å². The molecular weight excluding hydrogens is 239 g/mol. The van der Waals surface area contributed by atoms with Gasteiger partial charge in [-0.15, -0.1) is 0 Å². The fraction of sp³-hybridized carbons (Fsp3) is 0.455. The highest BCUT2D eigenvalue weighted by molar-refractivity contribution is 6.30. The van der Waals surface area contributed by atoms with Gasteiger partial charge in [0.15, 0.2) is 11.6 Å². The molecule has 0 spiro atoms. The topological polar surface area (TPSA) is 12.0 Å². The highest BCUT2D eigenvalue weighted by Crippen LogP contribution is 2.33. The van der Waals surface area contributed by atoms with Crippen LogP contribution in [0, 0.1) is 17.5 Å². The monoisotopic (exact) mass is 249 g/mol. The molecule has 0 saturated carbocycles. The summed E-state index contributed by atoms with van der Waals surface area (Å²) in [6.45, 7) is 1.36. The zero-order chi connectivity index (χ0) is 11.7. The number of nitrogens with one attached hydrogen (secondary N) is 1. The van der Waals surface area contributed by atoms with Gasteiger partial charge in [-0.05, 0) is 37.9 Å². The molecule has 1 N–H and O–H groups in total. The van der Waals surface area contributed by atoms with Gasteiger partial charge in [0.05, 0.1) is 5.02 Å². The molecule has 88 valence electrons. The van der Waals surface area contributed by atoms with Crippen LogP contribution in [-0.4, -0.2) is 13.1 Å². The molecule has 1 saturated heterocycles. The first-order valence-corrected chi connectivity index (χ1v) is 5.52. The molecule has 1 aromatic carbocycles. The smallest absolute Gasteiger partial charge is 0.165 e. The van der Waals surface area contributed by atoms with E-state index in [1.807, 2.05) is 0 Å². The molecule has 5 heteroatoms. The average molecular weight is 250 g/mol.